The molecular weight excluding hydrogens is 566 g/mol. The van der Waals surface area contributed by atoms with E-state index in [4.69, 9.17) is 9.47 Å². The van der Waals surface area contributed by atoms with Crippen LogP contribution >= 0.6 is 0 Å². The number of aliphatic hydroxyl groups excluding tert-OH is 1. The summed E-state index contributed by atoms with van der Waals surface area (Å²) in [5.41, 5.74) is -1.36. The molecule has 0 radical (unpaired) electrons. The molecule has 4 aliphatic carbocycles. The first kappa shape index (κ1) is 33.3. The molecule has 0 aromatic heterocycles. The van der Waals surface area contributed by atoms with Crippen molar-refractivity contribution in [1.29, 1.82) is 0 Å². The van der Waals surface area contributed by atoms with Crippen LogP contribution in [0.3, 0.4) is 0 Å². The Morgan fingerprint density at radius 3 is 2.60 bits per heavy atom. The van der Waals surface area contributed by atoms with Gasteiger partial charge in [-0.25, -0.2) is 0 Å². The maximum Gasteiger partial charge on any atom is 0.159 e. The molecule has 5 aliphatic rings. The zero-order valence-electron chi connectivity index (χ0n) is 28.1. The molecular formula is C38H57NO6. The van der Waals surface area contributed by atoms with Gasteiger partial charge < -0.3 is 30.1 Å². The van der Waals surface area contributed by atoms with E-state index in [0.717, 1.165) is 57.1 Å². The molecule has 0 amide bonds. The minimum Gasteiger partial charge on any atom is -0.387 e. The van der Waals surface area contributed by atoms with Crippen molar-refractivity contribution >= 4 is 5.78 Å². The van der Waals surface area contributed by atoms with Gasteiger partial charge in [-0.3, -0.25) is 4.79 Å². The van der Waals surface area contributed by atoms with E-state index >= 15 is 0 Å². The van der Waals surface area contributed by atoms with Crippen LogP contribution in [0.2, 0.25) is 0 Å². The summed E-state index contributed by atoms with van der Waals surface area (Å²) in [5, 5.41) is 39.9. The molecule has 4 fully saturated rings. The maximum absolute atomic E-state index is 13.9. The normalized spacial score (nSPS) is 43.2. The van der Waals surface area contributed by atoms with Gasteiger partial charge in [0.25, 0.3) is 0 Å². The van der Waals surface area contributed by atoms with E-state index in [9.17, 15) is 20.1 Å². The van der Waals surface area contributed by atoms with E-state index in [-0.39, 0.29) is 41.0 Å². The van der Waals surface area contributed by atoms with Crippen LogP contribution in [0, 0.1) is 40.4 Å². The zero-order chi connectivity index (χ0) is 32.2. The Hall–Kier alpha value is -1.61. The van der Waals surface area contributed by atoms with Crippen molar-refractivity contribution in [1.82, 2.24) is 5.32 Å². The fourth-order valence-corrected chi connectivity index (χ4v) is 10.8. The van der Waals surface area contributed by atoms with Crippen molar-refractivity contribution in [3.05, 3.63) is 47.5 Å². The third-order valence-corrected chi connectivity index (χ3v) is 13.7. The van der Waals surface area contributed by atoms with Crippen LogP contribution in [0.5, 0.6) is 0 Å². The number of ether oxygens (including phenoxy) is 2. The highest BCUT2D eigenvalue weighted by Gasteiger charge is 2.69. The number of nitrogens with one attached hydrogen (secondary N) is 1. The minimum absolute atomic E-state index is 0.0764. The van der Waals surface area contributed by atoms with E-state index in [1.165, 1.54) is 5.56 Å². The lowest BCUT2D eigenvalue weighted by atomic mass is 9.46. The van der Waals surface area contributed by atoms with Gasteiger partial charge in [0.1, 0.15) is 6.10 Å². The quantitative estimate of drug-likeness (QED) is 0.295. The molecule has 0 bridgehead atoms. The van der Waals surface area contributed by atoms with Gasteiger partial charge in [0.05, 0.1) is 36.6 Å². The van der Waals surface area contributed by atoms with Crippen molar-refractivity contribution in [3.8, 4) is 0 Å². The Balaban J connectivity index is 1.19. The number of fused-ring (bicyclic) bond motifs is 5. The molecule has 7 heteroatoms. The van der Waals surface area contributed by atoms with Gasteiger partial charge in [0.15, 0.2) is 5.78 Å². The van der Waals surface area contributed by atoms with Crippen LogP contribution in [0.15, 0.2) is 42.0 Å². The summed E-state index contributed by atoms with van der Waals surface area (Å²) in [6, 6.07) is 10.4. The first-order valence-corrected chi connectivity index (χ1v) is 17.7. The smallest absolute Gasteiger partial charge is 0.159 e. The Morgan fingerprint density at radius 1 is 1.11 bits per heavy atom. The standard InChI is InChI=1S/C38H57NO6/c1-24-23-45-33(27(24)14-19-39-5)34(41)37(4,42)32-13-18-38(43)29-22-31(40)30-21-26(44-20-15-25-9-7-6-8-10-25)11-16-35(30,2)28(29)12-17-36(32,38)3/h6-10,22,24,26-28,30,32-34,39,41-43H,11-21,23H2,1-5H3. The minimum atomic E-state index is -1.44. The lowest BCUT2D eigenvalue weighted by Gasteiger charge is -2.60. The van der Waals surface area contributed by atoms with Crippen LogP contribution in [0.4, 0.5) is 0 Å². The first-order chi connectivity index (χ1) is 21.4. The highest BCUT2D eigenvalue weighted by Crippen LogP contribution is 2.68. The van der Waals surface area contributed by atoms with Crippen LogP contribution in [0.25, 0.3) is 0 Å². The largest absolute Gasteiger partial charge is 0.387 e. The van der Waals surface area contributed by atoms with Crippen LogP contribution < -0.4 is 5.32 Å². The van der Waals surface area contributed by atoms with E-state index in [0.29, 0.717) is 32.0 Å². The zero-order valence-corrected chi connectivity index (χ0v) is 28.1. The molecule has 1 saturated heterocycles. The summed E-state index contributed by atoms with van der Waals surface area (Å²) in [4.78, 5) is 13.9. The predicted octanol–water partition coefficient (Wildman–Crippen LogP) is 4.86. The fraction of sp³-hybridized carbons (Fsp3) is 0.763. The van der Waals surface area contributed by atoms with Crippen molar-refractivity contribution in [2.24, 2.45) is 40.4 Å². The molecule has 250 valence electrons. The number of hydrogen-bond acceptors (Lipinski definition) is 7. The second kappa shape index (κ2) is 12.4. The van der Waals surface area contributed by atoms with Gasteiger partial charge in [-0.05, 0) is 125 Å². The highest BCUT2D eigenvalue weighted by atomic mass is 16.5. The van der Waals surface area contributed by atoms with E-state index in [1.54, 1.807) is 13.0 Å². The Labute approximate surface area is 270 Å². The average molecular weight is 624 g/mol. The van der Waals surface area contributed by atoms with Gasteiger partial charge in [0, 0.05) is 11.3 Å². The summed E-state index contributed by atoms with van der Waals surface area (Å²) in [6.07, 6.45) is 7.36. The number of ketones is 1. The van der Waals surface area contributed by atoms with Crippen molar-refractivity contribution in [3.63, 3.8) is 0 Å². The van der Waals surface area contributed by atoms with Gasteiger partial charge in [-0.1, -0.05) is 51.1 Å². The Kier molecular flexibility index (Phi) is 9.21. The topological polar surface area (TPSA) is 108 Å². The molecule has 4 N–H and O–H groups in total. The van der Waals surface area contributed by atoms with Gasteiger partial charge in [-0.15, -0.1) is 0 Å². The second-order valence-corrected chi connectivity index (χ2v) is 16.0. The van der Waals surface area contributed by atoms with Crippen molar-refractivity contribution in [2.45, 2.75) is 115 Å². The third kappa shape index (κ3) is 5.47. The molecule has 1 aromatic carbocycles. The summed E-state index contributed by atoms with van der Waals surface area (Å²) in [7, 11) is 1.93. The van der Waals surface area contributed by atoms with E-state index < -0.39 is 28.8 Å². The average Bonchev–Trinajstić information content (AvgIpc) is 3.53. The molecule has 1 heterocycles. The molecule has 45 heavy (non-hydrogen) atoms. The summed E-state index contributed by atoms with van der Waals surface area (Å²) in [5.74, 6) is 0.266. The molecule has 7 nitrogen and oxygen atoms in total. The molecule has 0 spiro atoms. The first-order valence-electron chi connectivity index (χ1n) is 17.7. The van der Waals surface area contributed by atoms with Crippen molar-refractivity contribution in [2.75, 3.05) is 26.8 Å². The van der Waals surface area contributed by atoms with E-state index in [1.807, 2.05) is 13.1 Å². The molecule has 1 aliphatic heterocycles. The van der Waals surface area contributed by atoms with E-state index in [2.05, 4.69) is 50.4 Å². The number of hydrogen-bond donors (Lipinski definition) is 4. The number of benzene rings is 1. The van der Waals surface area contributed by atoms with Crippen LogP contribution in [-0.4, -0.2) is 77.4 Å². The Bertz CT molecular complexity index is 1250. The molecule has 3 saturated carbocycles. The number of carbonyl (C=O) groups is 1. The van der Waals surface area contributed by atoms with Crippen LogP contribution in [-0.2, 0) is 20.7 Å². The highest BCUT2D eigenvalue weighted by molar-refractivity contribution is 5.95. The third-order valence-electron chi connectivity index (χ3n) is 13.7. The lowest BCUT2D eigenvalue weighted by Crippen LogP contribution is -2.63. The summed E-state index contributed by atoms with van der Waals surface area (Å²) < 4.78 is 12.5. The lowest BCUT2D eigenvalue weighted by molar-refractivity contribution is -0.194. The fourth-order valence-electron chi connectivity index (χ4n) is 10.8. The summed E-state index contributed by atoms with van der Waals surface area (Å²) >= 11 is 0. The number of allylic oxidation sites excluding steroid dienone is 1. The van der Waals surface area contributed by atoms with Crippen LogP contribution in [0.1, 0.15) is 84.6 Å². The summed E-state index contributed by atoms with van der Waals surface area (Å²) in [6.45, 7) is 10.3. The number of carbonyl (C=O) groups excluding carboxylic acids is 1. The van der Waals surface area contributed by atoms with Gasteiger partial charge >= 0.3 is 0 Å². The molecule has 12 unspecified atom stereocenters. The SMILES string of the molecule is CNCCC1C(C)COC1C(O)C(C)(O)C1CCC2(O)C3=CC(=O)C4CC(OCCc5ccccc5)CCC4(C)C3CCC12C. The molecule has 6 rings (SSSR count). The molecule has 1 aromatic rings. The Morgan fingerprint density at radius 2 is 1.87 bits per heavy atom. The molecule has 12 atom stereocenters. The predicted molar refractivity (Wildman–Crippen MR) is 174 cm³/mol. The number of aliphatic hydroxyl groups is 3. The number of rotatable bonds is 10. The van der Waals surface area contributed by atoms with Crippen molar-refractivity contribution < 1.29 is 29.6 Å². The second-order valence-electron chi connectivity index (χ2n) is 16.0. The van der Waals surface area contributed by atoms with Gasteiger partial charge in [0.2, 0.25) is 0 Å². The monoisotopic (exact) mass is 623 g/mol. The maximum atomic E-state index is 13.9. The van der Waals surface area contributed by atoms with Gasteiger partial charge in [-0.2, -0.15) is 0 Å².